The van der Waals surface area contributed by atoms with E-state index in [0.717, 1.165) is 13.4 Å². The third-order valence-electron chi connectivity index (χ3n) is 4.59. The monoisotopic (exact) mass is 340 g/mol. The molecule has 1 aliphatic heterocycles. The van der Waals surface area contributed by atoms with Crippen LogP contribution in [0.3, 0.4) is 0 Å². The van der Waals surface area contributed by atoms with Crippen molar-refractivity contribution in [2.75, 3.05) is 7.11 Å². The predicted molar refractivity (Wildman–Crippen MR) is 79.1 cm³/mol. The van der Waals surface area contributed by atoms with Gasteiger partial charge in [-0.1, -0.05) is 6.08 Å². The number of cyclic esters (lactones) is 1. The Morgan fingerprint density at radius 3 is 2.58 bits per heavy atom. The molecule has 0 unspecified atom stereocenters. The fourth-order valence-corrected chi connectivity index (χ4v) is 3.06. The molecule has 132 valence electrons. The summed E-state index contributed by atoms with van der Waals surface area (Å²) in [5, 5.41) is 21.0. The highest BCUT2D eigenvalue weighted by Crippen LogP contribution is 2.48. The van der Waals surface area contributed by atoms with Gasteiger partial charge in [0.1, 0.15) is 24.1 Å². The normalized spacial score (nSPS) is 35.7. The van der Waals surface area contributed by atoms with Crippen LogP contribution in [-0.4, -0.2) is 53.0 Å². The van der Waals surface area contributed by atoms with E-state index in [9.17, 15) is 24.6 Å². The van der Waals surface area contributed by atoms with Crippen molar-refractivity contribution in [3.05, 3.63) is 23.5 Å². The minimum absolute atomic E-state index is 0.0881. The Morgan fingerprint density at radius 1 is 1.42 bits per heavy atom. The zero-order valence-electron chi connectivity index (χ0n) is 13.8. The van der Waals surface area contributed by atoms with E-state index in [0.29, 0.717) is 0 Å². The SMILES string of the molecule is C/C=C(\C)C(=O)O[C@H]1[C@@H]2C(C(=O)OC)=COC(=O)[C@@H]2[C@@](C)(O)[C@H]1O. The zero-order chi connectivity index (χ0) is 18.2. The highest BCUT2D eigenvalue weighted by atomic mass is 16.6. The molecule has 2 rings (SSSR count). The van der Waals surface area contributed by atoms with Crippen molar-refractivity contribution in [1.29, 1.82) is 0 Å². The van der Waals surface area contributed by atoms with Crippen molar-refractivity contribution in [2.24, 2.45) is 11.8 Å². The molecule has 2 aliphatic rings. The molecule has 1 saturated carbocycles. The first kappa shape index (κ1) is 18.2. The van der Waals surface area contributed by atoms with Crippen molar-refractivity contribution in [3.63, 3.8) is 0 Å². The Morgan fingerprint density at radius 2 is 2.04 bits per heavy atom. The largest absolute Gasteiger partial charge is 0.466 e. The van der Waals surface area contributed by atoms with Gasteiger partial charge in [-0.3, -0.25) is 4.79 Å². The molecule has 0 aromatic heterocycles. The molecule has 1 aliphatic carbocycles. The lowest BCUT2D eigenvalue weighted by Gasteiger charge is -2.30. The molecular formula is C16H20O8. The lowest BCUT2D eigenvalue weighted by Crippen LogP contribution is -2.46. The zero-order valence-corrected chi connectivity index (χ0v) is 13.8. The number of fused-ring (bicyclic) bond motifs is 1. The summed E-state index contributed by atoms with van der Waals surface area (Å²) in [6.45, 7) is 4.39. The number of esters is 3. The predicted octanol–water partition coefficient (Wildman–Crippen LogP) is -0.164. The third kappa shape index (κ3) is 2.71. The van der Waals surface area contributed by atoms with Gasteiger partial charge >= 0.3 is 17.9 Å². The molecule has 1 fully saturated rings. The first-order valence-corrected chi connectivity index (χ1v) is 7.40. The van der Waals surface area contributed by atoms with Crippen LogP contribution < -0.4 is 0 Å². The molecule has 0 amide bonds. The Hall–Kier alpha value is -2.19. The number of hydrogen-bond acceptors (Lipinski definition) is 8. The molecule has 0 aromatic rings. The lowest BCUT2D eigenvalue weighted by molar-refractivity contribution is -0.159. The highest BCUT2D eigenvalue weighted by molar-refractivity contribution is 5.93. The number of carbonyl (C=O) groups excluding carboxylic acids is 3. The molecule has 0 radical (unpaired) electrons. The standard InChI is InChI=1S/C16H20O8/c1-5-7(2)13(18)24-11-9-8(14(19)22-4)6-23-15(20)10(9)16(3,21)12(11)17/h5-6,9-12,17,21H,1-4H3/b7-5+/t9-,10-,11+,12+,16-/m1/s1. The molecule has 0 spiro atoms. The first-order chi connectivity index (χ1) is 11.2. The van der Waals surface area contributed by atoms with Gasteiger partial charge in [0.15, 0.2) is 0 Å². The van der Waals surface area contributed by atoms with Crippen molar-refractivity contribution < 1.29 is 38.8 Å². The van der Waals surface area contributed by atoms with E-state index in [1.807, 2.05) is 0 Å². The first-order valence-electron chi connectivity index (χ1n) is 7.40. The van der Waals surface area contributed by atoms with Gasteiger partial charge in [0.2, 0.25) is 0 Å². The van der Waals surface area contributed by atoms with E-state index in [1.54, 1.807) is 6.92 Å². The van der Waals surface area contributed by atoms with Gasteiger partial charge in [-0.25, -0.2) is 9.59 Å². The minimum atomic E-state index is -1.94. The average Bonchev–Trinajstić information content (AvgIpc) is 2.75. The second-order valence-electron chi connectivity index (χ2n) is 6.02. The molecule has 8 nitrogen and oxygen atoms in total. The van der Waals surface area contributed by atoms with Crippen LogP contribution in [0, 0.1) is 11.8 Å². The van der Waals surface area contributed by atoms with Crippen molar-refractivity contribution >= 4 is 17.9 Å². The number of ether oxygens (including phenoxy) is 3. The summed E-state index contributed by atoms with van der Waals surface area (Å²) in [5.41, 5.74) is -1.74. The Labute approximate surface area is 138 Å². The van der Waals surface area contributed by atoms with Gasteiger partial charge in [-0.2, -0.15) is 0 Å². The maximum atomic E-state index is 12.1. The van der Waals surface area contributed by atoms with Gasteiger partial charge in [0.25, 0.3) is 0 Å². The number of rotatable bonds is 3. The molecule has 8 heteroatoms. The average molecular weight is 340 g/mol. The Kier molecular flexibility index (Phi) is 4.82. The van der Waals surface area contributed by atoms with E-state index in [-0.39, 0.29) is 11.1 Å². The van der Waals surface area contributed by atoms with Gasteiger partial charge in [-0.15, -0.1) is 0 Å². The summed E-state index contributed by atoms with van der Waals surface area (Å²) in [7, 11) is 1.14. The molecule has 1 heterocycles. The van der Waals surface area contributed by atoms with Crippen LogP contribution >= 0.6 is 0 Å². The molecule has 0 aromatic carbocycles. The van der Waals surface area contributed by atoms with E-state index in [2.05, 4.69) is 4.74 Å². The number of methoxy groups -OCH3 is 1. The van der Waals surface area contributed by atoms with Gasteiger partial charge in [0, 0.05) is 5.57 Å². The molecule has 2 N–H and O–H groups in total. The number of allylic oxidation sites excluding steroid dienone is 1. The number of carbonyl (C=O) groups is 3. The highest BCUT2D eigenvalue weighted by Gasteiger charge is 2.65. The van der Waals surface area contributed by atoms with Crippen LogP contribution in [0.25, 0.3) is 0 Å². The molecule has 0 saturated heterocycles. The molecule has 24 heavy (non-hydrogen) atoms. The van der Waals surface area contributed by atoms with Crippen molar-refractivity contribution in [1.82, 2.24) is 0 Å². The topological polar surface area (TPSA) is 119 Å². The van der Waals surface area contributed by atoms with Crippen LogP contribution in [0.15, 0.2) is 23.5 Å². The van der Waals surface area contributed by atoms with Gasteiger partial charge in [-0.05, 0) is 20.8 Å². The second-order valence-corrected chi connectivity index (χ2v) is 6.02. The number of aliphatic hydroxyl groups excluding tert-OH is 1. The van der Waals surface area contributed by atoms with E-state index < -0.39 is 47.6 Å². The third-order valence-corrected chi connectivity index (χ3v) is 4.59. The summed E-state index contributed by atoms with van der Waals surface area (Å²) in [4.78, 5) is 36.1. The molecule has 5 atom stereocenters. The fourth-order valence-electron chi connectivity index (χ4n) is 3.06. The number of hydrogen-bond donors (Lipinski definition) is 2. The Balaban J connectivity index is 2.47. The quantitative estimate of drug-likeness (QED) is 0.413. The van der Waals surface area contributed by atoms with Crippen LogP contribution in [-0.2, 0) is 28.6 Å². The summed E-state index contributed by atoms with van der Waals surface area (Å²) < 4.78 is 14.7. The van der Waals surface area contributed by atoms with E-state index in [4.69, 9.17) is 9.47 Å². The van der Waals surface area contributed by atoms with Crippen LogP contribution in [0.5, 0.6) is 0 Å². The van der Waals surface area contributed by atoms with E-state index >= 15 is 0 Å². The van der Waals surface area contributed by atoms with Crippen LogP contribution in [0.1, 0.15) is 20.8 Å². The fraction of sp³-hybridized carbons (Fsp3) is 0.562. The maximum absolute atomic E-state index is 12.1. The maximum Gasteiger partial charge on any atom is 0.337 e. The van der Waals surface area contributed by atoms with Crippen molar-refractivity contribution in [3.8, 4) is 0 Å². The van der Waals surface area contributed by atoms with Crippen molar-refractivity contribution in [2.45, 2.75) is 38.6 Å². The molecule has 0 bridgehead atoms. The van der Waals surface area contributed by atoms with Crippen LogP contribution in [0.4, 0.5) is 0 Å². The van der Waals surface area contributed by atoms with E-state index in [1.165, 1.54) is 19.9 Å². The summed E-state index contributed by atoms with van der Waals surface area (Å²) in [6, 6.07) is 0. The molecular weight excluding hydrogens is 320 g/mol. The van der Waals surface area contributed by atoms with Gasteiger partial charge < -0.3 is 24.4 Å². The van der Waals surface area contributed by atoms with Crippen LogP contribution in [0.2, 0.25) is 0 Å². The smallest absolute Gasteiger partial charge is 0.337 e. The lowest BCUT2D eigenvalue weighted by atomic mass is 9.81. The summed E-state index contributed by atoms with van der Waals surface area (Å²) in [6.07, 6.45) is -0.455. The minimum Gasteiger partial charge on any atom is -0.466 e. The summed E-state index contributed by atoms with van der Waals surface area (Å²) >= 11 is 0. The number of aliphatic hydroxyl groups is 2. The van der Waals surface area contributed by atoms with Gasteiger partial charge in [0.05, 0.1) is 24.5 Å². The summed E-state index contributed by atoms with van der Waals surface area (Å²) in [5.74, 6) is -4.68. The second kappa shape index (κ2) is 6.37. The Bertz CT molecular complexity index is 630.